The van der Waals surface area contributed by atoms with Gasteiger partial charge in [-0.2, -0.15) is 0 Å². The van der Waals surface area contributed by atoms with Crippen LogP contribution in [0.3, 0.4) is 0 Å². The van der Waals surface area contributed by atoms with E-state index in [0.29, 0.717) is 21.6 Å². The number of carbonyl (C=O) groups is 1. The summed E-state index contributed by atoms with van der Waals surface area (Å²) in [4.78, 5) is 39.1. The van der Waals surface area contributed by atoms with Gasteiger partial charge in [-0.05, 0) is 31.3 Å². The Morgan fingerprint density at radius 1 is 1.16 bits per heavy atom. The van der Waals surface area contributed by atoms with Crippen molar-refractivity contribution in [3.05, 3.63) is 74.4 Å². The van der Waals surface area contributed by atoms with E-state index in [1.165, 1.54) is 4.57 Å². The number of rotatable bonds is 7. The number of anilines is 1. The Hall–Kier alpha value is -2.65. The van der Waals surface area contributed by atoms with Crippen LogP contribution in [0.25, 0.3) is 10.9 Å². The van der Waals surface area contributed by atoms with Gasteiger partial charge in [0.15, 0.2) is 0 Å². The molecule has 2 aromatic carbocycles. The molecule has 3 aromatic rings. The van der Waals surface area contributed by atoms with Crippen LogP contribution in [0.4, 0.5) is 5.69 Å². The summed E-state index contributed by atoms with van der Waals surface area (Å²) in [7, 11) is 3.24. The maximum absolute atomic E-state index is 12.7. The van der Waals surface area contributed by atoms with Crippen LogP contribution in [-0.4, -0.2) is 51.3 Å². The van der Waals surface area contributed by atoms with Crippen molar-refractivity contribution < 1.29 is 9.90 Å². The highest BCUT2D eigenvalue weighted by Gasteiger charge is 2.17. The van der Waals surface area contributed by atoms with Crippen molar-refractivity contribution in [2.75, 3.05) is 25.5 Å². The molecular weight excluding hydrogens is 443 g/mol. The van der Waals surface area contributed by atoms with E-state index in [1.54, 1.807) is 67.5 Å². The number of carbonyl (C=O) groups excluding carboxylic acids is 1. The first-order valence-corrected chi connectivity index (χ1v) is 9.75. The number of hydrogen-bond acceptors (Lipinski definition) is 5. The molecule has 166 valence electrons. The number of hydrogen-bond donors (Lipinski definition) is 2. The lowest BCUT2D eigenvalue weighted by molar-refractivity contribution is -0.117. The molecule has 0 radical (unpaired) electrons. The number of aromatic nitrogens is 2. The summed E-state index contributed by atoms with van der Waals surface area (Å²) in [6, 6.07) is 13.7. The zero-order chi connectivity index (χ0) is 21.8. The number of amides is 1. The lowest BCUT2D eigenvalue weighted by Gasteiger charge is -2.21. The Kier molecular flexibility index (Phi) is 8.41. The number of halogens is 2. The number of fused-ring (bicyclic) bond motifs is 1. The summed E-state index contributed by atoms with van der Waals surface area (Å²) >= 11 is 6.03. The van der Waals surface area contributed by atoms with Crippen molar-refractivity contribution in [3.63, 3.8) is 0 Å². The van der Waals surface area contributed by atoms with Crippen LogP contribution in [0, 0.1) is 0 Å². The Labute approximate surface area is 190 Å². The molecule has 1 heterocycles. The maximum Gasteiger partial charge on any atom is 0.331 e. The first-order chi connectivity index (χ1) is 14.3. The minimum atomic E-state index is -1.02. The molecule has 0 bridgehead atoms. The van der Waals surface area contributed by atoms with Crippen LogP contribution in [0.5, 0.6) is 0 Å². The van der Waals surface area contributed by atoms with Gasteiger partial charge in [0.25, 0.3) is 5.56 Å². The predicted molar refractivity (Wildman–Crippen MR) is 124 cm³/mol. The molecule has 8 nitrogen and oxygen atoms in total. The smallest absolute Gasteiger partial charge is 0.331 e. The third-order valence-corrected chi connectivity index (χ3v) is 5.07. The average Bonchev–Trinajstić information content (AvgIpc) is 2.71. The van der Waals surface area contributed by atoms with Gasteiger partial charge in [-0.1, -0.05) is 35.9 Å². The van der Waals surface area contributed by atoms with Crippen LogP contribution in [0.2, 0.25) is 5.02 Å². The van der Waals surface area contributed by atoms with Crippen molar-refractivity contribution >= 4 is 46.5 Å². The fraction of sp³-hybridized carbons (Fsp3) is 0.286. The van der Waals surface area contributed by atoms with Crippen LogP contribution >= 0.6 is 24.0 Å². The number of aliphatic hydroxyl groups excluding tert-OH is 1. The first-order valence-electron chi connectivity index (χ1n) is 9.37. The van der Waals surface area contributed by atoms with Gasteiger partial charge < -0.3 is 10.4 Å². The quantitative estimate of drug-likeness (QED) is 0.552. The minimum Gasteiger partial charge on any atom is -0.390 e. The number of nitrogens with one attached hydrogen (secondary N) is 1. The number of aryl methyl sites for hydroxylation is 1. The number of nitrogens with zero attached hydrogens (tertiary/aromatic N) is 3. The molecule has 0 aliphatic carbocycles. The van der Waals surface area contributed by atoms with Gasteiger partial charge in [0.2, 0.25) is 5.91 Å². The SMILES string of the molecule is CN(CC(=O)Nc1ccccc1Cl)CC(O)Cn1c(=O)c2ccccc2n(C)c1=O.Cl. The Morgan fingerprint density at radius 3 is 2.52 bits per heavy atom. The van der Waals surface area contributed by atoms with Crippen LogP contribution in [-0.2, 0) is 18.4 Å². The molecule has 10 heteroatoms. The van der Waals surface area contributed by atoms with Gasteiger partial charge in [-0.25, -0.2) is 4.79 Å². The minimum absolute atomic E-state index is 0. The summed E-state index contributed by atoms with van der Waals surface area (Å²) in [5.41, 5.74) is 0.0830. The molecule has 0 aliphatic rings. The number of benzene rings is 2. The fourth-order valence-corrected chi connectivity index (χ4v) is 3.50. The molecule has 1 unspecified atom stereocenters. The lowest BCUT2D eigenvalue weighted by Crippen LogP contribution is -2.44. The molecule has 0 saturated heterocycles. The lowest BCUT2D eigenvalue weighted by atomic mass is 10.2. The topological polar surface area (TPSA) is 96.6 Å². The van der Waals surface area contributed by atoms with Crippen LogP contribution in [0.15, 0.2) is 58.1 Å². The Morgan fingerprint density at radius 2 is 1.81 bits per heavy atom. The highest BCUT2D eigenvalue weighted by molar-refractivity contribution is 6.33. The third kappa shape index (κ3) is 5.74. The highest BCUT2D eigenvalue weighted by atomic mass is 35.5. The largest absolute Gasteiger partial charge is 0.390 e. The van der Waals surface area contributed by atoms with E-state index >= 15 is 0 Å². The molecule has 0 saturated carbocycles. The monoisotopic (exact) mass is 466 g/mol. The maximum atomic E-state index is 12.7. The van der Waals surface area contributed by atoms with E-state index in [-0.39, 0.29) is 37.9 Å². The van der Waals surface area contributed by atoms with E-state index in [4.69, 9.17) is 11.6 Å². The number of likely N-dealkylation sites (N-methyl/N-ethyl adjacent to an activating group) is 1. The number of para-hydroxylation sites is 2. The first kappa shape index (κ1) is 24.6. The number of aliphatic hydroxyl groups is 1. The van der Waals surface area contributed by atoms with Crippen LogP contribution in [0.1, 0.15) is 0 Å². The highest BCUT2D eigenvalue weighted by Crippen LogP contribution is 2.20. The van der Waals surface area contributed by atoms with Crippen molar-refractivity contribution in [2.24, 2.45) is 7.05 Å². The summed E-state index contributed by atoms with van der Waals surface area (Å²) in [6.07, 6.45) is -1.02. The van der Waals surface area contributed by atoms with Crippen molar-refractivity contribution in [1.29, 1.82) is 0 Å². The van der Waals surface area contributed by atoms with Gasteiger partial charge in [-0.15, -0.1) is 12.4 Å². The summed E-state index contributed by atoms with van der Waals surface area (Å²) in [5, 5.41) is 14.0. The van der Waals surface area contributed by atoms with Crippen molar-refractivity contribution in [2.45, 2.75) is 12.6 Å². The van der Waals surface area contributed by atoms with Gasteiger partial charge >= 0.3 is 5.69 Å². The Balaban J connectivity index is 0.00000341. The molecule has 31 heavy (non-hydrogen) atoms. The van der Waals surface area contributed by atoms with Gasteiger partial charge in [0.05, 0.1) is 40.8 Å². The van der Waals surface area contributed by atoms with Crippen molar-refractivity contribution in [3.8, 4) is 0 Å². The van der Waals surface area contributed by atoms with E-state index < -0.39 is 17.4 Å². The van der Waals surface area contributed by atoms with Gasteiger partial charge in [-0.3, -0.25) is 23.6 Å². The van der Waals surface area contributed by atoms with E-state index in [0.717, 1.165) is 4.57 Å². The summed E-state index contributed by atoms with van der Waals surface area (Å²) < 4.78 is 2.40. The second kappa shape index (κ2) is 10.6. The second-order valence-electron chi connectivity index (χ2n) is 7.15. The van der Waals surface area contributed by atoms with E-state index in [2.05, 4.69) is 5.32 Å². The zero-order valence-corrected chi connectivity index (χ0v) is 18.7. The van der Waals surface area contributed by atoms with E-state index in [9.17, 15) is 19.5 Å². The summed E-state index contributed by atoms with van der Waals surface area (Å²) in [5.74, 6) is -0.295. The molecule has 0 fully saturated rings. The van der Waals surface area contributed by atoms with Gasteiger partial charge in [0, 0.05) is 13.6 Å². The van der Waals surface area contributed by atoms with Crippen LogP contribution < -0.4 is 16.6 Å². The molecule has 3 rings (SSSR count). The zero-order valence-electron chi connectivity index (χ0n) is 17.1. The standard InChI is InChI=1S/C21H23ClN4O4.ClH/c1-24(13-19(28)23-17-9-5-4-8-16(17)22)11-14(27)12-26-20(29)15-7-3-6-10-18(15)25(2)21(26)30;/h3-10,14,27H,11-13H2,1-2H3,(H,23,28);1H. The van der Waals surface area contributed by atoms with Gasteiger partial charge in [0.1, 0.15) is 0 Å². The van der Waals surface area contributed by atoms with E-state index in [1.807, 2.05) is 0 Å². The normalized spacial score (nSPS) is 11.9. The molecule has 0 spiro atoms. The molecular formula is C21H24Cl2N4O4. The summed E-state index contributed by atoms with van der Waals surface area (Å²) in [6.45, 7) is -0.0713. The fourth-order valence-electron chi connectivity index (χ4n) is 3.31. The molecule has 2 N–H and O–H groups in total. The molecule has 1 atom stereocenters. The molecule has 1 aromatic heterocycles. The predicted octanol–water partition coefficient (Wildman–Crippen LogP) is 1.71. The second-order valence-corrected chi connectivity index (χ2v) is 7.56. The molecule has 0 aliphatic heterocycles. The average molecular weight is 467 g/mol. The third-order valence-electron chi connectivity index (χ3n) is 4.74. The molecule has 1 amide bonds. The Bertz CT molecular complexity index is 1190. The van der Waals surface area contributed by atoms with Crippen molar-refractivity contribution in [1.82, 2.24) is 14.0 Å².